The van der Waals surface area contributed by atoms with Gasteiger partial charge in [0.1, 0.15) is 11.6 Å². The molecule has 1 saturated heterocycles. The van der Waals surface area contributed by atoms with Crippen molar-refractivity contribution in [1.82, 2.24) is 4.90 Å². The van der Waals surface area contributed by atoms with Crippen molar-refractivity contribution in [3.05, 3.63) is 29.6 Å². The topological polar surface area (TPSA) is 29.5 Å². The molecule has 1 unspecified atom stereocenters. The van der Waals surface area contributed by atoms with E-state index in [1.807, 2.05) is 4.90 Å². The van der Waals surface area contributed by atoms with E-state index in [1.165, 1.54) is 44.6 Å². The first kappa shape index (κ1) is 15.8. The second kappa shape index (κ2) is 7.43. The van der Waals surface area contributed by atoms with E-state index >= 15 is 0 Å². The lowest BCUT2D eigenvalue weighted by Crippen LogP contribution is -2.32. The zero-order chi connectivity index (χ0) is 15.2. The smallest absolute Gasteiger partial charge is 0.257 e. The molecule has 0 N–H and O–H groups in total. The molecule has 4 heteroatoms. The van der Waals surface area contributed by atoms with Crippen molar-refractivity contribution in [1.29, 1.82) is 0 Å². The summed E-state index contributed by atoms with van der Waals surface area (Å²) in [5, 5.41) is 0. The van der Waals surface area contributed by atoms with Crippen LogP contribution in [0.1, 0.15) is 49.4 Å². The number of nitrogens with zero attached hydrogens (tertiary/aromatic N) is 1. The van der Waals surface area contributed by atoms with Gasteiger partial charge in [0.2, 0.25) is 0 Å². The summed E-state index contributed by atoms with van der Waals surface area (Å²) in [5.41, 5.74) is 0.325. The second-order valence-electron chi connectivity index (χ2n) is 5.72. The summed E-state index contributed by atoms with van der Waals surface area (Å²) in [6.45, 7) is 3.70. The van der Waals surface area contributed by atoms with Crippen molar-refractivity contribution in [2.75, 3.05) is 20.2 Å². The number of carbonyl (C=O) groups excluding carboxylic acids is 1. The van der Waals surface area contributed by atoms with Crippen molar-refractivity contribution in [3.8, 4) is 5.75 Å². The fourth-order valence-electron chi connectivity index (χ4n) is 3.08. The van der Waals surface area contributed by atoms with Gasteiger partial charge in [-0.2, -0.15) is 0 Å². The fourth-order valence-corrected chi connectivity index (χ4v) is 3.08. The number of ether oxygens (including phenoxy) is 1. The average molecular weight is 293 g/mol. The van der Waals surface area contributed by atoms with Gasteiger partial charge in [0.15, 0.2) is 0 Å². The van der Waals surface area contributed by atoms with Gasteiger partial charge in [-0.1, -0.05) is 19.8 Å². The van der Waals surface area contributed by atoms with Gasteiger partial charge in [-0.05, 0) is 43.4 Å². The van der Waals surface area contributed by atoms with Crippen LogP contribution in [0.15, 0.2) is 18.2 Å². The van der Waals surface area contributed by atoms with Crippen LogP contribution in [-0.2, 0) is 0 Å². The van der Waals surface area contributed by atoms with E-state index in [2.05, 4.69) is 6.92 Å². The number of likely N-dealkylation sites (tertiary alicyclic amines) is 1. The molecule has 21 heavy (non-hydrogen) atoms. The number of benzene rings is 1. The van der Waals surface area contributed by atoms with Crippen LogP contribution in [0.3, 0.4) is 0 Å². The summed E-state index contributed by atoms with van der Waals surface area (Å²) in [5.74, 6) is 0.624. The number of methoxy groups -OCH3 is 1. The minimum Gasteiger partial charge on any atom is -0.496 e. The van der Waals surface area contributed by atoms with Crippen LogP contribution in [0.4, 0.5) is 4.39 Å². The molecular weight excluding hydrogens is 269 g/mol. The van der Waals surface area contributed by atoms with Gasteiger partial charge in [0, 0.05) is 13.1 Å². The van der Waals surface area contributed by atoms with Crippen molar-refractivity contribution < 1.29 is 13.9 Å². The predicted octanol–water partition coefficient (Wildman–Crippen LogP) is 3.88. The monoisotopic (exact) mass is 293 g/mol. The number of carbonyl (C=O) groups is 1. The third-order valence-electron chi connectivity index (χ3n) is 4.22. The largest absolute Gasteiger partial charge is 0.496 e. The quantitative estimate of drug-likeness (QED) is 0.843. The van der Waals surface area contributed by atoms with Crippen LogP contribution < -0.4 is 4.74 Å². The van der Waals surface area contributed by atoms with Crippen LogP contribution in [0, 0.1) is 11.7 Å². The molecule has 0 bridgehead atoms. The summed E-state index contributed by atoms with van der Waals surface area (Å²) in [6.07, 6.45) is 5.66. The molecule has 0 spiro atoms. The molecule has 0 aliphatic carbocycles. The zero-order valence-corrected chi connectivity index (χ0v) is 12.9. The number of rotatable bonds is 4. The van der Waals surface area contributed by atoms with E-state index in [0.717, 1.165) is 25.9 Å². The second-order valence-corrected chi connectivity index (χ2v) is 5.72. The molecule has 1 aromatic rings. The highest BCUT2D eigenvalue weighted by molar-refractivity contribution is 5.97. The van der Waals surface area contributed by atoms with Gasteiger partial charge in [0.05, 0.1) is 12.7 Å². The minimum atomic E-state index is -0.405. The molecule has 1 fully saturated rings. The highest BCUT2D eigenvalue weighted by Crippen LogP contribution is 2.25. The Morgan fingerprint density at radius 2 is 2.19 bits per heavy atom. The first-order chi connectivity index (χ1) is 10.2. The molecular formula is C17H24FNO2. The maximum atomic E-state index is 13.4. The molecule has 1 amide bonds. The number of hydrogen-bond donors (Lipinski definition) is 0. The number of amides is 1. The van der Waals surface area contributed by atoms with E-state index in [0.29, 0.717) is 17.2 Å². The van der Waals surface area contributed by atoms with Gasteiger partial charge < -0.3 is 9.64 Å². The van der Waals surface area contributed by atoms with E-state index in [1.54, 1.807) is 0 Å². The molecule has 1 aliphatic heterocycles. The van der Waals surface area contributed by atoms with Crippen molar-refractivity contribution in [2.24, 2.45) is 5.92 Å². The zero-order valence-electron chi connectivity index (χ0n) is 12.9. The van der Waals surface area contributed by atoms with E-state index in [-0.39, 0.29) is 5.91 Å². The Labute approximate surface area is 126 Å². The highest BCUT2D eigenvalue weighted by Gasteiger charge is 2.23. The highest BCUT2D eigenvalue weighted by atomic mass is 19.1. The maximum Gasteiger partial charge on any atom is 0.257 e. The first-order valence-electron chi connectivity index (χ1n) is 7.78. The Balaban J connectivity index is 2.11. The van der Waals surface area contributed by atoms with Gasteiger partial charge in [-0.25, -0.2) is 4.39 Å². The molecule has 0 aromatic heterocycles. The van der Waals surface area contributed by atoms with Crippen LogP contribution >= 0.6 is 0 Å². The molecule has 116 valence electrons. The Hall–Kier alpha value is -1.58. The summed E-state index contributed by atoms with van der Waals surface area (Å²) in [6, 6.07) is 4.10. The molecule has 1 atom stereocenters. The average Bonchev–Trinajstić information content (AvgIpc) is 2.72. The molecule has 1 heterocycles. The van der Waals surface area contributed by atoms with Crippen LogP contribution in [0.5, 0.6) is 5.75 Å². The summed E-state index contributed by atoms with van der Waals surface area (Å²) in [4.78, 5) is 14.5. The number of halogens is 1. The lowest BCUT2D eigenvalue weighted by molar-refractivity contribution is 0.0756. The maximum absolute atomic E-state index is 13.4. The molecule has 1 aromatic carbocycles. The normalized spacial score (nSPS) is 19.2. The minimum absolute atomic E-state index is 0.122. The third-order valence-corrected chi connectivity index (χ3v) is 4.22. The van der Waals surface area contributed by atoms with Crippen molar-refractivity contribution >= 4 is 5.91 Å². The lowest BCUT2D eigenvalue weighted by Gasteiger charge is -2.22. The predicted molar refractivity (Wildman–Crippen MR) is 81.1 cm³/mol. The Kier molecular flexibility index (Phi) is 5.59. The van der Waals surface area contributed by atoms with Crippen molar-refractivity contribution in [2.45, 2.75) is 39.0 Å². The Morgan fingerprint density at radius 3 is 2.90 bits per heavy atom. The summed E-state index contributed by atoms with van der Waals surface area (Å²) in [7, 11) is 1.50. The molecule has 2 rings (SSSR count). The van der Waals surface area contributed by atoms with E-state index in [4.69, 9.17) is 4.74 Å². The molecule has 0 saturated carbocycles. The molecule has 0 radical (unpaired) electrons. The van der Waals surface area contributed by atoms with Crippen LogP contribution in [0.2, 0.25) is 0 Å². The van der Waals surface area contributed by atoms with Crippen molar-refractivity contribution in [3.63, 3.8) is 0 Å². The fraction of sp³-hybridized carbons (Fsp3) is 0.588. The Morgan fingerprint density at radius 1 is 1.38 bits per heavy atom. The SMILES string of the molecule is CCCC1CCCN(C(=O)c2cc(F)ccc2OC)CC1. The standard InChI is InChI=1S/C17H24FNO2/c1-3-5-13-6-4-10-19(11-9-13)17(20)15-12-14(18)7-8-16(15)21-2/h7-8,12-13H,3-6,9-11H2,1-2H3. The summed E-state index contributed by atoms with van der Waals surface area (Å²) >= 11 is 0. The molecule has 1 aliphatic rings. The lowest BCUT2D eigenvalue weighted by atomic mass is 9.96. The van der Waals surface area contributed by atoms with Crippen LogP contribution in [0.25, 0.3) is 0 Å². The van der Waals surface area contributed by atoms with Gasteiger partial charge in [0.25, 0.3) is 5.91 Å². The molecule has 3 nitrogen and oxygen atoms in total. The van der Waals surface area contributed by atoms with Gasteiger partial charge in [-0.15, -0.1) is 0 Å². The van der Waals surface area contributed by atoms with Gasteiger partial charge >= 0.3 is 0 Å². The van der Waals surface area contributed by atoms with E-state index in [9.17, 15) is 9.18 Å². The Bertz CT molecular complexity index is 490. The van der Waals surface area contributed by atoms with Crippen LogP contribution in [-0.4, -0.2) is 31.0 Å². The third kappa shape index (κ3) is 3.96. The van der Waals surface area contributed by atoms with Gasteiger partial charge in [-0.3, -0.25) is 4.79 Å². The number of hydrogen-bond acceptors (Lipinski definition) is 2. The first-order valence-corrected chi connectivity index (χ1v) is 7.78. The summed E-state index contributed by atoms with van der Waals surface area (Å²) < 4.78 is 18.6. The van der Waals surface area contributed by atoms with E-state index < -0.39 is 5.82 Å².